The Labute approximate surface area is 157 Å². The van der Waals surface area contributed by atoms with Crippen molar-refractivity contribution in [2.45, 2.75) is 19.9 Å². The van der Waals surface area contributed by atoms with Crippen LogP contribution in [0.1, 0.15) is 24.1 Å². The van der Waals surface area contributed by atoms with Gasteiger partial charge >= 0.3 is 0 Å². The Morgan fingerprint density at radius 1 is 1.27 bits per heavy atom. The van der Waals surface area contributed by atoms with Gasteiger partial charge in [-0.3, -0.25) is 4.79 Å². The average Bonchev–Trinajstić information content (AvgIpc) is 3.14. The van der Waals surface area contributed by atoms with Crippen LogP contribution in [0.2, 0.25) is 5.02 Å². The first-order valence-electron chi connectivity index (χ1n) is 8.28. The van der Waals surface area contributed by atoms with E-state index in [-0.39, 0.29) is 18.5 Å². The molecule has 1 atom stereocenters. The molecule has 0 fully saturated rings. The largest absolute Gasteiger partial charge is 0.323 e. The van der Waals surface area contributed by atoms with Gasteiger partial charge in [0.1, 0.15) is 12.7 Å². The van der Waals surface area contributed by atoms with Crippen molar-refractivity contribution in [1.29, 1.82) is 0 Å². The molecule has 6 nitrogen and oxygen atoms in total. The molecule has 134 valence electrons. The maximum absolute atomic E-state index is 12.4. The van der Waals surface area contributed by atoms with E-state index in [1.54, 1.807) is 29.2 Å². The Hall–Kier alpha value is -2.70. The number of halogens is 1. The fraction of sp³-hybridized carbons (Fsp3) is 0.211. The molecule has 0 unspecified atom stereocenters. The predicted molar refractivity (Wildman–Crippen MR) is 103 cm³/mol. The molecule has 2 aromatic carbocycles. The van der Waals surface area contributed by atoms with Crippen LogP contribution < -0.4 is 10.6 Å². The van der Waals surface area contributed by atoms with Crippen molar-refractivity contribution >= 4 is 23.2 Å². The molecule has 2 N–H and O–H groups in total. The van der Waals surface area contributed by atoms with Crippen LogP contribution in [0, 0.1) is 6.92 Å². The highest BCUT2D eigenvalue weighted by Crippen LogP contribution is 2.24. The Bertz CT molecular complexity index is 895. The SMILES string of the molecule is Cc1ccccc1[C@@H](C)NCC(=O)Nc1cc(Cl)ccc1-n1cncn1. The summed E-state index contributed by atoms with van der Waals surface area (Å²) in [6.07, 6.45) is 3.00. The third-order valence-electron chi connectivity index (χ3n) is 4.12. The van der Waals surface area contributed by atoms with Gasteiger partial charge < -0.3 is 10.6 Å². The summed E-state index contributed by atoms with van der Waals surface area (Å²) in [7, 11) is 0. The van der Waals surface area contributed by atoms with Gasteiger partial charge in [0.2, 0.25) is 5.91 Å². The van der Waals surface area contributed by atoms with Gasteiger partial charge in [0.05, 0.1) is 17.9 Å². The second kappa shape index (κ2) is 8.12. The van der Waals surface area contributed by atoms with Crippen molar-refractivity contribution in [2.75, 3.05) is 11.9 Å². The number of carbonyl (C=O) groups excluding carboxylic acids is 1. The Kier molecular flexibility index (Phi) is 5.65. The summed E-state index contributed by atoms with van der Waals surface area (Å²) in [4.78, 5) is 16.3. The monoisotopic (exact) mass is 369 g/mol. The van der Waals surface area contributed by atoms with Crippen molar-refractivity contribution in [3.8, 4) is 5.69 Å². The highest BCUT2D eigenvalue weighted by Gasteiger charge is 2.12. The van der Waals surface area contributed by atoms with Crippen LogP contribution in [-0.4, -0.2) is 27.2 Å². The highest BCUT2D eigenvalue weighted by molar-refractivity contribution is 6.31. The smallest absolute Gasteiger partial charge is 0.238 e. The van der Waals surface area contributed by atoms with Gasteiger partial charge in [0, 0.05) is 11.1 Å². The standard InChI is InChI=1S/C19H20ClN5O/c1-13-5-3-4-6-16(13)14(2)22-10-19(26)24-17-9-15(20)7-8-18(17)25-12-21-11-23-25/h3-9,11-12,14,22H,10H2,1-2H3,(H,24,26)/t14-/m1/s1. The minimum Gasteiger partial charge on any atom is -0.323 e. The number of nitrogens with one attached hydrogen (secondary N) is 2. The number of aromatic nitrogens is 3. The van der Waals surface area contributed by atoms with E-state index in [1.807, 2.05) is 19.1 Å². The van der Waals surface area contributed by atoms with E-state index in [9.17, 15) is 4.79 Å². The highest BCUT2D eigenvalue weighted by atomic mass is 35.5. The molecule has 7 heteroatoms. The quantitative estimate of drug-likeness (QED) is 0.697. The molecule has 0 aliphatic rings. The first-order chi connectivity index (χ1) is 12.5. The minimum atomic E-state index is -0.158. The lowest BCUT2D eigenvalue weighted by Crippen LogP contribution is -2.30. The van der Waals surface area contributed by atoms with E-state index in [4.69, 9.17) is 11.6 Å². The molecule has 1 heterocycles. The van der Waals surface area contributed by atoms with E-state index in [0.29, 0.717) is 16.4 Å². The van der Waals surface area contributed by atoms with Crippen molar-refractivity contribution in [3.63, 3.8) is 0 Å². The summed E-state index contributed by atoms with van der Waals surface area (Å²) >= 11 is 6.07. The number of hydrogen-bond acceptors (Lipinski definition) is 4. The number of anilines is 1. The van der Waals surface area contributed by atoms with Gasteiger partial charge in [0.25, 0.3) is 0 Å². The van der Waals surface area contributed by atoms with Crippen LogP contribution in [0.15, 0.2) is 55.1 Å². The third kappa shape index (κ3) is 4.28. The fourth-order valence-electron chi connectivity index (χ4n) is 2.76. The summed E-state index contributed by atoms with van der Waals surface area (Å²) in [6.45, 7) is 4.28. The molecule has 0 saturated carbocycles. The van der Waals surface area contributed by atoms with E-state index in [1.165, 1.54) is 17.5 Å². The Morgan fingerprint density at radius 2 is 2.08 bits per heavy atom. The van der Waals surface area contributed by atoms with E-state index in [2.05, 4.69) is 39.8 Å². The van der Waals surface area contributed by atoms with Crippen LogP contribution in [0.4, 0.5) is 5.69 Å². The summed E-state index contributed by atoms with van der Waals surface area (Å²) in [6, 6.07) is 13.4. The van der Waals surface area contributed by atoms with E-state index >= 15 is 0 Å². The number of benzene rings is 2. The molecule has 0 radical (unpaired) electrons. The molecule has 0 aliphatic carbocycles. The molecule has 26 heavy (non-hydrogen) atoms. The third-order valence-corrected chi connectivity index (χ3v) is 4.36. The lowest BCUT2D eigenvalue weighted by molar-refractivity contribution is -0.115. The topological polar surface area (TPSA) is 71.8 Å². The van der Waals surface area contributed by atoms with Gasteiger partial charge in [-0.2, -0.15) is 5.10 Å². The molecule has 0 bridgehead atoms. The molecule has 0 spiro atoms. The van der Waals surface area contributed by atoms with Crippen LogP contribution in [0.5, 0.6) is 0 Å². The molecular weight excluding hydrogens is 350 g/mol. The first-order valence-corrected chi connectivity index (χ1v) is 8.65. The molecule has 1 amide bonds. The van der Waals surface area contributed by atoms with Crippen molar-refractivity contribution in [2.24, 2.45) is 0 Å². The van der Waals surface area contributed by atoms with Crippen LogP contribution in [-0.2, 0) is 4.79 Å². The summed E-state index contributed by atoms with van der Waals surface area (Å²) in [5.74, 6) is -0.158. The number of rotatable bonds is 6. The predicted octanol–water partition coefficient (Wildman–Crippen LogP) is 3.52. The number of nitrogens with zero attached hydrogens (tertiary/aromatic N) is 3. The number of amides is 1. The average molecular weight is 370 g/mol. The molecular formula is C19H20ClN5O. The number of aryl methyl sites for hydroxylation is 1. The van der Waals surface area contributed by atoms with Gasteiger partial charge in [0.15, 0.2) is 0 Å². The fourth-order valence-corrected chi connectivity index (χ4v) is 2.94. The summed E-state index contributed by atoms with van der Waals surface area (Å²) in [5.41, 5.74) is 3.65. The maximum Gasteiger partial charge on any atom is 0.238 e. The zero-order valence-corrected chi connectivity index (χ0v) is 15.4. The zero-order chi connectivity index (χ0) is 18.5. The second-order valence-corrected chi connectivity index (χ2v) is 6.45. The van der Waals surface area contributed by atoms with Crippen molar-refractivity contribution in [3.05, 3.63) is 71.3 Å². The molecule has 1 aromatic heterocycles. The first kappa shape index (κ1) is 18.1. The molecule has 3 rings (SSSR count). The Balaban J connectivity index is 1.67. The number of carbonyl (C=O) groups is 1. The minimum absolute atomic E-state index is 0.0658. The maximum atomic E-state index is 12.4. The van der Waals surface area contributed by atoms with E-state index < -0.39 is 0 Å². The number of hydrogen-bond donors (Lipinski definition) is 2. The van der Waals surface area contributed by atoms with Crippen LogP contribution in [0.25, 0.3) is 5.69 Å². The van der Waals surface area contributed by atoms with E-state index in [0.717, 1.165) is 0 Å². The summed E-state index contributed by atoms with van der Waals surface area (Å²) in [5, 5.41) is 10.8. The van der Waals surface area contributed by atoms with Gasteiger partial charge in [-0.05, 0) is 43.2 Å². The second-order valence-electron chi connectivity index (χ2n) is 6.01. The molecule has 0 aliphatic heterocycles. The van der Waals surface area contributed by atoms with Crippen molar-refractivity contribution in [1.82, 2.24) is 20.1 Å². The summed E-state index contributed by atoms with van der Waals surface area (Å²) < 4.78 is 1.58. The van der Waals surface area contributed by atoms with Crippen molar-refractivity contribution < 1.29 is 4.79 Å². The molecule has 3 aromatic rings. The normalized spacial score (nSPS) is 12.0. The van der Waals surface area contributed by atoms with Gasteiger partial charge in [-0.1, -0.05) is 35.9 Å². The Morgan fingerprint density at radius 3 is 2.81 bits per heavy atom. The zero-order valence-electron chi connectivity index (χ0n) is 14.6. The van der Waals surface area contributed by atoms with Gasteiger partial charge in [-0.15, -0.1) is 0 Å². The lowest BCUT2D eigenvalue weighted by atomic mass is 10.0. The van der Waals surface area contributed by atoms with Crippen LogP contribution in [0.3, 0.4) is 0 Å². The van der Waals surface area contributed by atoms with Gasteiger partial charge in [-0.25, -0.2) is 9.67 Å². The van der Waals surface area contributed by atoms with Crippen LogP contribution >= 0.6 is 11.6 Å². The lowest BCUT2D eigenvalue weighted by Gasteiger charge is -2.17. The molecule has 0 saturated heterocycles.